The van der Waals surface area contributed by atoms with Crippen LogP contribution in [0.2, 0.25) is 0 Å². The van der Waals surface area contributed by atoms with Crippen molar-refractivity contribution < 1.29 is 18.0 Å². The van der Waals surface area contributed by atoms with Crippen LogP contribution in [0.4, 0.5) is 19.1 Å². The van der Waals surface area contributed by atoms with Gasteiger partial charge in [-0.05, 0) is 31.2 Å². The molecule has 132 valence electrons. The lowest BCUT2D eigenvalue weighted by Gasteiger charge is -2.26. The first-order valence-electron chi connectivity index (χ1n) is 7.70. The Bertz CT molecular complexity index is 906. The van der Waals surface area contributed by atoms with Gasteiger partial charge in [-0.1, -0.05) is 19.9 Å². The quantitative estimate of drug-likeness (QED) is 0.904. The number of allylic oxidation sites excluding steroid dienone is 4. The molecule has 0 saturated heterocycles. The zero-order valence-electron chi connectivity index (χ0n) is 14.0. The van der Waals surface area contributed by atoms with E-state index in [-0.39, 0.29) is 5.95 Å². The number of pyridine rings is 1. The van der Waals surface area contributed by atoms with Crippen LogP contribution in [-0.4, -0.2) is 26.6 Å². The molecule has 0 bridgehead atoms. The Hall–Kier alpha value is -2.64. The Morgan fingerprint density at radius 2 is 1.92 bits per heavy atom. The number of imidazole rings is 1. The van der Waals surface area contributed by atoms with Gasteiger partial charge in [-0.15, -0.1) is 0 Å². The summed E-state index contributed by atoms with van der Waals surface area (Å²) in [5.74, 6) is -0.591. The van der Waals surface area contributed by atoms with Crippen molar-refractivity contribution >= 4 is 28.7 Å². The van der Waals surface area contributed by atoms with Gasteiger partial charge in [0.05, 0.1) is 11.1 Å². The molecule has 8 heteroatoms. The van der Waals surface area contributed by atoms with E-state index in [1.165, 1.54) is 0 Å². The van der Waals surface area contributed by atoms with E-state index < -0.39 is 23.9 Å². The second kappa shape index (κ2) is 5.72. The van der Waals surface area contributed by atoms with Crippen molar-refractivity contribution in [1.29, 1.82) is 0 Å². The summed E-state index contributed by atoms with van der Waals surface area (Å²) in [4.78, 5) is 20.9. The highest BCUT2D eigenvalue weighted by atomic mass is 19.4. The highest BCUT2D eigenvalue weighted by Crippen LogP contribution is 2.40. The van der Waals surface area contributed by atoms with Crippen molar-refractivity contribution in [2.24, 2.45) is 5.41 Å². The summed E-state index contributed by atoms with van der Waals surface area (Å²) in [5, 5.41) is 2.49. The number of carbonyl (C=O) groups is 1. The van der Waals surface area contributed by atoms with Crippen molar-refractivity contribution in [1.82, 2.24) is 14.5 Å². The van der Waals surface area contributed by atoms with Crippen molar-refractivity contribution in [3.8, 4) is 0 Å². The van der Waals surface area contributed by atoms with Crippen LogP contribution in [0, 0.1) is 12.3 Å². The highest BCUT2D eigenvalue weighted by Gasteiger charge is 2.48. The number of aromatic nitrogens is 3. The predicted octanol–water partition coefficient (Wildman–Crippen LogP) is 4.07. The average Bonchev–Trinajstić information content (AvgIpc) is 2.73. The molecular weight excluding hydrogens is 333 g/mol. The van der Waals surface area contributed by atoms with Crippen molar-refractivity contribution in [3.63, 3.8) is 0 Å². The number of hydrogen-bond acceptors (Lipinski definition) is 3. The molecule has 1 aliphatic carbocycles. The van der Waals surface area contributed by atoms with Crippen LogP contribution in [-0.2, 0) is 4.79 Å². The van der Waals surface area contributed by atoms with Crippen LogP contribution in [0.5, 0.6) is 0 Å². The zero-order chi connectivity index (χ0) is 18.4. The molecule has 0 spiro atoms. The Kier molecular flexibility index (Phi) is 3.93. The van der Waals surface area contributed by atoms with Gasteiger partial charge < -0.3 is 0 Å². The van der Waals surface area contributed by atoms with Crippen molar-refractivity contribution in [2.75, 3.05) is 5.32 Å². The fourth-order valence-electron chi connectivity index (χ4n) is 2.38. The third-order valence-electron chi connectivity index (χ3n) is 4.06. The van der Waals surface area contributed by atoms with E-state index in [0.717, 1.165) is 25.2 Å². The molecule has 0 atom stereocenters. The number of aryl methyl sites for hydroxylation is 1. The Labute approximate surface area is 142 Å². The summed E-state index contributed by atoms with van der Waals surface area (Å²) in [6.45, 7) is 3.82. The minimum atomic E-state index is -4.47. The molecule has 2 aromatic rings. The molecule has 25 heavy (non-hydrogen) atoms. The second-order valence-corrected chi connectivity index (χ2v) is 6.62. The van der Waals surface area contributed by atoms with E-state index in [9.17, 15) is 18.0 Å². The first kappa shape index (κ1) is 17.2. The number of rotatable bonds is 4. The van der Waals surface area contributed by atoms with Crippen molar-refractivity contribution in [3.05, 3.63) is 36.1 Å². The molecule has 0 radical (unpaired) electrons. The molecule has 3 rings (SSSR count). The largest absolute Gasteiger partial charge is 0.394 e. The summed E-state index contributed by atoms with van der Waals surface area (Å²) in [5.41, 5.74) is 0.496. The lowest BCUT2D eigenvalue weighted by atomic mass is 9.88. The maximum absolute atomic E-state index is 13.0. The number of fused-ring (bicyclic) bond motifs is 1. The SMILES string of the molecule is Cc1ccc2nc(NC(=O)CC(C)(C)C(F)(F)F)n(C3=CC=C3)c2n1. The maximum Gasteiger partial charge on any atom is 0.394 e. The Balaban J connectivity index is 1.92. The van der Waals surface area contributed by atoms with Gasteiger partial charge >= 0.3 is 6.18 Å². The fourth-order valence-corrected chi connectivity index (χ4v) is 2.38. The van der Waals surface area contributed by atoms with Crippen LogP contribution in [0.15, 0.2) is 30.4 Å². The molecule has 0 saturated carbocycles. The van der Waals surface area contributed by atoms with Gasteiger partial charge in [0, 0.05) is 12.1 Å². The van der Waals surface area contributed by atoms with Gasteiger partial charge in [-0.3, -0.25) is 14.7 Å². The molecule has 2 aromatic heterocycles. The number of nitrogens with zero attached hydrogens (tertiary/aromatic N) is 3. The standard InChI is InChI=1S/C17H17F3N4O/c1-10-7-8-12-14(21-10)24(11-5-4-6-11)15(22-12)23-13(25)9-16(2,3)17(18,19)20/h4-8H,9H2,1-3H3,(H,22,23,25). The van der Waals surface area contributed by atoms with E-state index in [0.29, 0.717) is 11.2 Å². The van der Waals surface area contributed by atoms with E-state index in [2.05, 4.69) is 15.3 Å². The summed E-state index contributed by atoms with van der Waals surface area (Å²) in [6, 6.07) is 3.54. The fraction of sp³-hybridized carbons (Fsp3) is 0.353. The monoisotopic (exact) mass is 350 g/mol. The third-order valence-corrected chi connectivity index (χ3v) is 4.06. The van der Waals surface area contributed by atoms with Crippen LogP contribution in [0.25, 0.3) is 16.9 Å². The van der Waals surface area contributed by atoms with Crippen molar-refractivity contribution in [2.45, 2.75) is 33.4 Å². The first-order valence-corrected chi connectivity index (χ1v) is 7.70. The summed E-state index contributed by atoms with van der Waals surface area (Å²) >= 11 is 0. The van der Waals surface area contributed by atoms with Crippen LogP contribution < -0.4 is 5.32 Å². The molecule has 0 fully saturated rings. The molecule has 1 amide bonds. The smallest absolute Gasteiger partial charge is 0.296 e. The molecular formula is C17H17F3N4O. The van der Waals surface area contributed by atoms with E-state index in [4.69, 9.17) is 0 Å². The molecule has 1 N–H and O–H groups in total. The van der Waals surface area contributed by atoms with Gasteiger partial charge in [-0.25, -0.2) is 9.97 Å². The third kappa shape index (κ3) is 3.16. The van der Waals surface area contributed by atoms with E-state index >= 15 is 0 Å². The number of halogens is 3. The molecule has 0 aromatic carbocycles. The molecule has 5 nitrogen and oxygen atoms in total. The van der Waals surface area contributed by atoms with Gasteiger partial charge in [0.15, 0.2) is 5.65 Å². The highest BCUT2D eigenvalue weighted by molar-refractivity contribution is 5.94. The minimum absolute atomic E-state index is 0.159. The predicted molar refractivity (Wildman–Crippen MR) is 88.8 cm³/mol. The van der Waals surface area contributed by atoms with Crippen LogP contribution >= 0.6 is 0 Å². The second-order valence-electron chi connectivity index (χ2n) is 6.62. The maximum atomic E-state index is 13.0. The number of carbonyl (C=O) groups excluding carboxylic acids is 1. The lowest BCUT2D eigenvalue weighted by molar-refractivity contribution is -0.213. The van der Waals surface area contributed by atoms with Crippen LogP contribution in [0.3, 0.4) is 0 Å². The number of anilines is 1. The first-order chi connectivity index (χ1) is 11.6. The summed E-state index contributed by atoms with van der Waals surface area (Å²) < 4.78 is 40.6. The van der Waals surface area contributed by atoms with Crippen LogP contribution in [0.1, 0.15) is 26.0 Å². The van der Waals surface area contributed by atoms with E-state index in [1.807, 2.05) is 13.0 Å². The molecule has 1 aliphatic rings. The lowest BCUT2D eigenvalue weighted by Crippen LogP contribution is -2.36. The summed E-state index contributed by atoms with van der Waals surface area (Å²) in [6.07, 6.45) is 0.264. The summed E-state index contributed by atoms with van der Waals surface area (Å²) in [7, 11) is 0. The van der Waals surface area contributed by atoms with Gasteiger partial charge in [0.1, 0.15) is 5.52 Å². The topological polar surface area (TPSA) is 59.8 Å². The molecule has 0 aliphatic heterocycles. The average molecular weight is 350 g/mol. The Morgan fingerprint density at radius 3 is 2.48 bits per heavy atom. The number of nitrogens with one attached hydrogen (secondary N) is 1. The van der Waals surface area contributed by atoms with E-state index in [1.54, 1.807) is 28.9 Å². The normalized spacial score (nSPS) is 14.4. The number of alkyl halides is 3. The number of amides is 1. The van der Waals surface area contributed by atoms with Gasteiger partial charge in [0.25, 0.3) is 0 Å². The number of hydrogen-bond donors (Lipinski definition) is 1. The minimum Gasteiger partial charge on any atom is -0.296 e. The van der Waals surface area contributed by atoms with Gasteiger partial charge in [0.2, 0.25) is 11.9 Å². The molecule has 0 unspecified atom stereocenters. The molecule has 2 heterocycles. The van der Waals surface area contributed by atoms with Gasteiger partial charge in [-0.2, -0.15) is 13.2 Å². The Morgan fingerprint density at radius 1 is 1.24 bits per heavy atom. The zero-order valence-corrected chi connectivity index (χ0v) is 14.0.